The molecular formula is C16H19BrClNS. The van der Waals surface area contributed by atoms with Crippen LogP contribution in [0.1, 0.15) is 35.4 Å². The molecule has 2 rings (SSSR count). The van der Waals surface area contributed by atoms with E-state index in [1.807, 2.05) is 6.07 Å². The van der Waals surface area contributed by atoms with E-state index in [1.165, 1.54) is 14.9 Å². The maximum Gasteiger partial charge on any atom is 0.0435 e. The Morgan fingerprint density at radius 3 is 2.75 bits per heavy atom. The quantitative estimate of drug-likeness (QED) is 0.680. The van der Waals surface area contributed by atoms with E-state index in [1.54, 1.807) is 11.3 Å². The molecule has 1 nitrogen and oxygen atoms in total. The Bertz CT molecular complexity index is 567. The molecule has 1 N–H and O–H groups in total. The fourth-order valence-corrected chi connectivity index (χ4v) is 3.85. The van der Waals surface area contributed by atoms with Crippen molar-refractivity contribution >= 4 is 38.9 Å². The van der Waals surface area contributed by atoms with E-state index in [4.69, 9.17) is 11.6 Å². The molecule has 0 fully saturated rings. The van der Waals surface area contributed by atoms with Gasteiger partial charge in [0.05, 0.1) is 0 Å². The zero-order valence-electron chi connectivity index (χ0n) is 11.7. The van der Waals surface area contributed by atoms with Gasteiger partial charge in [-0.1, -0.05) is 30.7 Å². The molecule has 0 aliphatic carbocycles. The summed E-state index contributed by atoms with van der Waals surface area (Å²) in [4.78, 5) is 1.38. The van der Waals surface area contributed by atoms with Gasteiger partial charge in [-0.3, -0.25) is 0 Å². The molecule has 108 valence electrons. The highest BCUT2D eigenvalue weighted by Crippen LogP contribution is 2.29. The normalized spacial score (nSPS) is 12.6. The van der Waals surface area contributed by atoms with Crippen LogP contribution in [0.25, 0.3) is 0 Å². The van der Waals surface area contributed by atoms with E-state index in [2.05, 4.69) is 58.7 Å². The summed E-state index contributed by atoms with van der Waals surface area (Å²) in [7, 11) is 0. The molecule has 0 saturated heterocycles. The molecule has 1 aromatic carbocycles. The van der Waals surface area contributed by atoms with Crippen molar-refractivity contribution in [3.8, 4) is 0 Å². The number of nitrogens with one attached hydrogen (secondary N) is 1. The highest BCUT2D eigenvalue weighted by Gasteiger charge is 2.15. The number of halogens is 2. The van der Waals surface area contributed by atoms with Gasteiger partial charge in [-0.15, -0.1) is 11.3 Å². The van der Waals surface area contributed by atoms with Crippen LogP contribution in [0.15, 0.2) is 34.1 Å². The molecule has 0 radical (unpaired) electrons. The lowest BCUT2D eigenvalue weighted by Crippen LogP contribution is -2.24. The number of hydrogen-bond acceptors (Lipinski definition) is 2. The van der Waals surface area contributed by atoms with Crippen molar-refractivity contribution in [3.05, 3.63) is 55.1 Å². The van der Waals surface area contributed by atoms with E-state index in [9.17, 15) is 0 Å². The third-order valence-electron chi connectivity index (χ3n) is 3.31. The molecule has 1 heterocycles. The van der Waals surface area contributed by atoms with Crippen molar-refractivity contribution in [2.75, 3.05) is 6.54 Å². The highest BCUT2D eigenvalue weighted by molar-refractivity contribution is 9.10. The maximum absolute atomic E-state index is 6.13. The second-order valence-electron chi connectivity index (χ2n) is 4.91. The Morgan fingerprint density at radius 1 is 1.35 bits per heavy atom. The van der Waals surface area contributed by atoms with Crippen molar-refractivity contribution < 1.29 is 0 Å². The van der Waals surface area contributed by atoms with Crippen LogP contribution in [0.4, 0.5) is 0 Å². The Hall–Kier alpha value is -0.350. The first-order valence-corrected chi connectivity index (χ1v) is 8.88. The van der Waals surface area contributed by atoms with Crippen LogP contribution < -0.4 is 5.32 Å². The van der Waals surface area contributed by atoms with Crippen LogP contribution in [-0.4, -0.2) is 6.54 Å². The van der Waals surface area contributed by atoms with E-state index >= 15 is 0 Å². The van der Waals surface area contributed by atoms with Gasteiger partial charge in [0.25, 0.3) is 0 Å². The number of aryl methyl sites for hydroxylation is 1. The van der Waals surface area contributed by atoms with Crippen LogP contribution in [0.3, 0.4) is 0 Å². The first-order valence-electron chi connectivity index (χ1n) is 6.83. The zero-order chi connectivity index (χ0) is 14.5. The lowest BCUT2D eigenvalue weighted by molar-refractivity contribution is 0.531. The summed E-state index contributed by atoms with van der Waals surface area (Å²) >= 11 is 11.6. The van der Waals surface area contributed by atoms with Gasteiger partial charge >= 0.3 is 0 Å². The third-order valence-corrected chi connectivity index (χ3v) is 5.68. The standard InChI is InChI=1S/C16H19BrClNS/c1-3-7-19-15(10-16-13(17)6-8-20-16)12-4-5-14(18)11(2)9-12/h4-6,8-9,15,19H,3,7,10H2,1-2H3. The third kappa shape index (κ3) is 4.08. The van der Waals surface area contributed by atoms with Crippen molar-refractivity contribution in [1.29, 1.82) is 0 Å². The first-order chi connectivity index (χ1) is 9.61. The molecule has 0 saturated carbocycles. The average molecular weight is 373 g/mol. The summed E-state index contributed by atoms with van der Waals surface area (Å²) in [5.74, 6) is 0. The number of rotatable bonds is 6. The minimum atomic E-state index is 0.334. The van der Waals surface area contributed by atoms with Gasteiger partial charge in [-0.05, 0) is 64.5 Å². The lowest BCUT2D eigenvalue weighted by atomic mass is 10.0. The molecular weight excluding hydrogens is 354 g/mol. The summed E-state index contributed by atoms with van der Waals surface area (Å²) in [6, 6.07) is 8.77. The largest absolute Gasteiger partial charge is 0.310 e. The smallest absolute Gasteiger partial charge is 0.0435 e. The SMILES string of the molecule is CCCNC(Cc1sccc1Br)c1ccc(Cl)c(C)c1. The van der Waals surface area contributed by atoms with Crippen LogP contribution >= 0.6 is 38.9 Å². The lowest BCUT2D eigenvalue weighted by Gasteiger charge is -2.19. The molecule has 0 amide bonds. The monoisotopic (exact) mass is 371 g/mol. The van der Waals surface area contributed by atoms with Crippen molar-refractivity contribution in [3.63, 3.8) is 0 Å². The summed E-state index contributed by atoms with van der Waals surface area (Å²) in [6.07, 6.45) is 2.13. The Morgan fingerprint density at radius 2 is 2.15 bits per heavy atom. The summed E-state index contributed by atoms with van der Waals surface area (Å²) in [6.45, 7) is 5.28. The molecule has 2 aromatic rings. The molecule has 0 aliphatic rings. The van der Waals surface area contributed by atoms with E-state index < -0.39 is 0 Å². The molecule has 1 aromatic heterocycles. The van der Waals surface area contributed by atoms with Gasteiger partial charge in [0, 0.05) is 26.8 Å². The molecule has 1 unspecified atom stereocenters. The molecule has 4 heteroatoms. The molecule has 0 spiro atoms. The van der Waals surface area contributed by atoms with Gasteiger partial charge in [0.1, 0.15) is 0 Å². The predicted molar refractivity (Wildman–Crippen MR) is 92.9 cm³/mol. The zero-order valence-corrected chi connectivity index (χ0v) is 14.9. The van der Waals surface area contributed by atoms with Crippen LogP contribution in [0, 0.1) is 6.92 Å². The van der Waals surface area contributed by atoms with Crippen molar-refractivity contribution in [2.45, 2.75) is 32.7 Å². The van der Waals surface area contributed by atoms with Gasteiger partial charge < -0.3 is 5.32 Å². The topological polar surface area (TPSA) is 12.0 Å². The number of benzene rings is 1. The van der Waals surface area contributed by atoms with Gasteiger partial charge in [-0.2, -0.15) is 0 Å². The molecule has 1 atom stereocenters. The fraction of sp³-hybridized carbons (Fsp3) is 0.375. The van der Waals surface area contributed by atoms with E-state index in [0.29, 0.717) is 6.04 Å². The second-order valence-corrected chi connectivity index (χ2v) is 7.17. The van der Waals surface area contributed by atoms with Crippen LogP contribution in [0.2, 0.25) is 5.02 Å². The molecule has 0 aliphatic heterocycles. The number of hydrogen-bond donors (Lipinski definition) is 1. The maximum atomic E-state index is 6.13. The van der Waals surface area contributed by atoms with E-state index in [-0.39, 0.29) is 0 Å². The fourth-order valence-electron chi connectivity index (χ4n) is 2.17. The summed E-state index contributed by atoms with van der Waals surface area (Å²) < 4.78 is 1.21. The summed E-state index contributed by atoms with van der Waals surface area (Å²) in [5, 5.41) is 6.60. The second kappa shape index (κ2) is 7.60. The average Bonchev–Trinajstić information content (AvgIpc) is 2.83. The van der Waals surface area contributed by atoms with Crippen molar-refractivity contribution in [1.82, 2.24) is 5.32 Å². The van der Waals surface area contributed by atoms with Crippen LogP contribution in [0.5, 0.6) is 0 Å². The van der Waals surface area contributed by atoms with Gasteiger partial charge in [0.2, 0.25) is 0 Å². The molecule has 0 bridgehead atoms. The molecule has 20 heavy (non-hydrogen) atoms. The predicted octanol–water partition coefficient (Wildman–Crippen LogP) is 5.76. The Labute approximate surface area is 138 Å². The minimum absolute atomic E-state index is 0.334. The Balaban J connectivity index is 2.22. The Kier molecular flexibility index (Phi) is 6.09. The van der Waals surface area contributed by atoms with Crippen molar-refractivity contribution in [2.24, 2.45) is 0 Å². The first kappa shape index (κ1) is 16.0. The van der Waals surface area contributed by atoms with Gasteiger partial charge in [-0.25, -0.2) is 0 Å². The summed E-state index contributed by atoms with van der Waals surface area (Å²) in [5.41, 5.74) is 2.44. The highest BCUT2D eigenvalue weighted by atomic mass is 79.9. The minimum Gasteiger partial charge on any atom is -0.310 e. The van der Waals surface area contributed by atoms with Gasteiger partial charge in [0.15, 0.2) is 0 Å². The van der Waals surface area contributed by atoms with Crippen LogP contribution in [-0.2, 0) is 6.42 Å². The number of thiophene rings is 1. The van der Waals surface area contributed by atoms with E-state index in [0.717, 1.165) is 30.0 Å².